The largest absolute Gasteiger partial charge is 0.480 e. The Morgan fingerprint density at radius 2 is 2.21 bits per heavy atom. The summed E-state index contributed by atoms with van der Waals surface area (Å²) in [5, 5.41) is 12.7. The fourth-order valence-electron chi connectivity index (χ4n) is 2.53. The quantitative estimate of drug-likeness (QED) is 0.611. The van der Waals surface area contributed by atoms with Crippen molar-refractivity contribution in [3.8, 4) is 0 Å². The molecule has 0 saturated heterocycles. The SMILES string of the molecule is O=C(O)C1Cc2c([nH]c3cccc(S(=O)O)c23)CN1. The highest BCUT2D eigenvalue weighted by Crippen LogP contribution is 2.30. The standard InChI is InChI=1S/C12H12N2O4S/c15-12(16)8-4-6-9(5-13-8)14-7-2-1-3-10(11(6)7)19(17)18/h1-3,8,13-14H,4-5H2,(H,15,16)(H,17,18). The number of H-pyrrole nitrogens is 1. The predicted molar refractivity (Wildman–Crippen MR) is 69.3 cm³/mol. The number of carbonyl (C=O) groups is 1. The number of hydrogen-bond donors (Lipinski definition) is 4. The summed E-state index contributed by atoms with van der Waals surface area (Å²) in [7, 11) is 0. The van der Waals surface area contributed by atoms with Crippen LogP contribution in [0.15, 0.2) is 23.1 Å². The third-order valence-electron chi connectivity index (χ3n) is 3.40. The molecule has 100 valence electrons. The van der Waals surface area contributed by atoms with Gasteiger partial charge in [-0.1, -0.05) is 6.07 Å². The van der Waals surface area contributed by atoms with Crippen molar-refractivity contribution in [2.24, 2.45) is 0 Å². The van der Waals surface area contributed by atoms with Crippen LogP contribution in [0.3, 0.4) is 0 Å². The highest BCUT2D eigenvalue weighted by atomic mass is 32.2. The first-order valence-electron chi connectivity index (χ1n) is 5.77. The Labute approximate surface area is 111 Å². The first kappa shape index (κ1) is 12.3. The van der Waals surface area contributed by atoms with Gasteiger partial charge in [-0.2, -0.15) is 0 Å². The third kappa shape index (κ3) is 1.95. The van der Waals surface area contributed by atoms with E-state index in [0.29, 0.717) is 23.2 Å². The number of aliphatic carboxylic acids is 1. The first-order chi connectivity index (χ1) is 9.08. The van der Waals surface area contributed by atoms with Crippen molar-refractivity contribution in [3.05, 3.63) is 29.5 Å². The molecule has 1 aliphatic rings. The molecule has 0 saturated carbocycles. The summed E-state index contributed by atoms with van der Waals surface area (Å²) >= 11 is -2.09. The highest BCUT2D eigenvalue weighted by Gasteiger charge is 2.27. The summed E-state index contributed by atoms with van der Waals surface area (Å²) in [6, 6.07) is 4.45. The molecule has 0 fully saturated rings. The molecule has 7 heteroatoms. The molecule has 19 heavy (non-hydrogen) atoms. The Kier molecular flexibility index (Phi) is 2.89. The average molecular weight is 280 g/mol. The number of fused-ring (bicyclic) bond motifs is 3. The van der Waals surface area contributed by atoms with E-state index in [1.165, 1.54) is 0 Å². The van der Waals surface area contributed by atoms with Gasteiger partial charge in [0.05, 0.1) is 4.90 Å². The molecule has 6 nitrogen and oxygen atoms in total. The third-order valence-corrected chi connectivity index (χ3v) is 4.11. The lowest BCUT2D eigenvalue weighted by atomic mass is 9.98. The Morgan fingerprint density at radius 1 is 1.42 bits per heavy atom. The van der Waals surface area contributed by atoms with Gasteiger partial charge in [-0.15, -0.1) is 0 Å². The molecule has 1 aromatic heterocycles. The summed E-state index contributed by atoms with van der Waals surface area (Å²) in [4.78, 5) is 14.5. The van der Waals surface area contributed by atoms with Crippen LogP contribution >= 0.6 is 0 Å². The molecule has 2 aromatic rings. The maximum atomic E-state index is 11.4. The van der Waals surface area contributed by atoms with Gasteiger partial charge in [0.1, 0.15) is 6.04 Å². The van der Waals surface area contributed by atoms with E-state index in [2.05, 4.69) is 10.3 Å². The van der Waals surface area contributed by atoms with Gasteiger partial charge < -0.3 is 14.6 Å². The number of hydrogen-bond acceptors (Lipinski definition) is 3. The second kappa shape index (κ2) is 4.44. The van der Waals surface area contributed by atoms with E-state index >= 15 is 0 Å². The molecule has 0 amide bonds. The van der Waals surface area contributed by atoms with Crippen molar-refractivity contribution >= 4 is 28.0 Å². The van der Waals surface area contributed by atoms with Crippen molar-refractivity contribution in [2.75, 3.05) is 0 Å². The summed E-state index contributed by atoms with van der Waals surface area (Å²) in [6.07, 6.45) is 0.304. The number of aromatic amines is 1. The molecule has 0 aliphatic carbocycles. The lowest BCUT2D eigenvalue weighted by Crippen LogP contribution is -2.41. The number of aromatic nitrogens is 1. The van der Waals surface area contributed by atoms with Crippen molar-refractivity contribution < 1.29 is 18.7 Å². The molecule has 1 aliphatic heterocycles. The van der Waals surface area contributed by atoms with Crippen molar-refractivity contribution in [2.45, 2.75) is 23.9 Å². The minimum atomic E-state index is -2.09. The van der Waals surface area contributed by atoms with Crippen LogP contribution in [-0.2, 0) is 28.8 Å². The molecule has 4 N–H and O–H groups in total. The molecule has 0 spiro atoms. The zero-order valence-corrected chi connectivity index (χ0v) is 10.7. The van der Waals surface area contributed by atoms with Gasteiger partial charge in [0, 0.05) is 29.6 Å². The highest BCUT2D eigenvalue weighted by molar-refractivity contribution is 7.79. The summed E-state index contributed by atoms with van der Waals surface area (Å²) < 4.78 is 20.7. The minimum Gasteiger partial charge on any atom is -0.480 e. The van der Waals surface area contributed by atoms with Crippen LogP contribution in [0.25, 0.3) is 10.9 Å². The summed E-state index contributed by atoms with van der Waals surface area (Å²) in [5.74, 6) is -0.914. The van der Waals surface area contributed by atoms with Crippen LogP contribution in [0, 0.1) is 0 Å². The van der Waals surface area contributed by atoms with E-state index in [9.17, 15) is 13.6 Å². The molecule has 2 atom stereocenters. The normalized spacial score (nSPS) is 20.2. The van der Waals surface area contributed by atoms with Gasteiger partial charge in [-0.05, 0) is 17.7 Å². The monoisotopic (exact) mass is 280 g/mol. The van der Waals surface area contributed by atoms with Gasteiger partial charge in [0.15, 0.2) is 11.1 Å². The Hall–Kier alpha value is -1.70. The summed E-state index contributed by atoms with van der Waals surface area (Å²) in [5.41, 5.74) is 2.46. The fourth-order valence-corrected chi connectivity index (χ4v) is 3.14. The molecule has 0 radical (unpaired) electrons. The second-order valence-electron chi connectivity index (χ2n) is 4.49. The second-order valence-corrected chi connectivity index (χ2v) is 5.42. The van der Waals surface area contributed by atoms with Gasteiger partial charge in [-0.25, -0.2) is 4.21 Å². The van der Waals surface area contributed by atoms with Crippen molar-refractivity contribution in [1.82, 2.24) is 10.3 Å². The average Bonchev–Trinajstić information content (AvgIpc) is 2.75. The number of nitrogens with one attached hydrogen (secondary N) is 2. The van der Waals surface area contributed by atoms with Crippen molar-refractivity contribution in [3.63, 3.8) is 0 Å². The summed E-state index contributed by atoms with van der Waals surface area (Å²) in [6.45, 7) is 0.415. The molecule has 0 bridgehead atoms. The first-order valence-corrected chi connectivity index (χ1v) is 6.88. The van der Waals surface area contributed by atoms with Gasteiger partial charge in [0.25, 0.3) is 0 Å². The molecular weight excluding hydrogens is 268 g/mol. The number of rotatable bonds is 2. The van der Waals surface area contributed by atoms with E-state index in [0.717, 1.165) is 16.8 Å². The van der Waals surface area contributed by atoms with Crippen LogP contribution < -0.4 is 5.32 Å². The van der Waals surface area contributed by atoms with E-state index in [-0.39, 0.29) is 0 Å². The predicted octanol–water partition coefficient (Wildman–Crippen LogP) is 0.847. The van der Waals surface area contributed by atoms with E-state index in [4.69, 9.17) is 5.11 Å². The van der Waals surface area contributed by atoms with Crippen LogP contribution in [0.1, 0.15) is 11.3 Å². The lowest BCUT2D eigenvalue weighted by molar-refractivity contribution is -0.139. The topological polar surface area (TPSA) is 102 Å². The van der Waals surface area contributed by atoms with Gasteiger partial charge in [0.2, 0.25) is 0 Å². The Bertz CT molecular complexity index is 694. The minimum absolute atomic E-state index is 0.304. The van der Waals surface area contributed by atoms with Crippen LogP contribution in [-0.4, -0.2) is 30.9 Å². The van der Waals surface area contributed by atoms with Gasteiger partial charge in [-0.3, -0.25) is 10.1 Å². The fraction of sp³-hybridized carbons (Fsp3) is 0.250. The van der Waals surface area contributed by atoms with E-state index < -0.39 is 23.1 Å². The molecule has 1 aromatic carbocycles. The number of carboxylic acid groups (broad SMARTS) is 1. The van der Waals surface area contributed by atoms with Crippen LogP contribution in [0.4, 0.5) is 0 Å². The van der Waals surface area contributed by atoms with E-state index in [1.807, 2.05) is 6.07 Å². The number of carboxylic acids is 1. The lowest BCUT2D eigenvalue weighted by Gasteiger charge is -2.20. The molecule has 3 rings (SSSR count). The van der Waals surface area contributed by atoms with Crippen LogP contribution in [0.2, 0.25) is 0 Å². The Morgan fingerprint density at radius 3 is 2.89 bits per heavy atom. The zero-order chi connectivity index (χ0) is 13.6. The number of benzene rings is 1. The maximum Gasteiger partial charge on any atom is 0.321 e. The maximum absolute atomic E-state index is 11.4. The van der Waals surface area contributed by atoms with Crippen molar-refractivity contribution in [1.29, 1.82) is 0 Å². The molecule has 2 heterocycles. The zero-order valence-electron chi connectivity index (χ0n) is 9.84. The molecular formula is C12H12N2O4S. The molecule has 2 unspecified atom stereocenters. The smallest absolute Gasteiger partial charge is 0.321 e. The Balaban J connectivity index is 2.21. The van der Waals surface area contributed by atoms with Crippen LogP contribution in [0.5, 0.6) is 0 Å². The van der Waals surface area contributed by atoms with E-state index in [1.54, 1.807) is 12.1 Å². The van der Waals surface area contributed by atoms with Gasteiger partial charge >= 0.3 is 5.97 Å².